The van der Waals surface area contributed by atoms with Gasteiger partial charge in [-0.25, -0.2) is 4.79 Å². The fourth-order valence-electron chi connectivity index (χ4n) is 1.48. The van der Waals surface area contributed by atoms with Gasteiger partial charge in [0, 0.05) is 17.7 Å². The van der Waals surface area contributed by atoms with E-state index >= 15 is 0 Å². The first-order valence-electron chi connectivity index (χ1n) is 6.82. The Morgan fingerprint density at radius 1 is 1.25 bits per heavy atom. The van der Waals surface area contributed by atoms with Crippen LogP contribution in [0.2, 0.25) is 0 Å². The molecule has 0 heterocycles. The monoisotopic (exact) mass is 275 g/mol. The quantitative estimate of drug-likeness (QED) is 0.640. The molecule has 1 atom stereocenters. The van der Waals surface area contributed by atoms with Gasteiger partial charge < -0.3 is 10.1 Å². The topological polar surface area (TPSA) is 55.4 Å². The van der Waals surface area contributed by atoms with Gasteiger partial charge in [-0.05, 0) is 37.1 Å². The van der Waals surface area contributed by atoms with Crippen molar-refractivity contribution in [1.29, 1.82) is 0 Å². The molecular formula is C16H21NO3. The molecule has 1 N–H and O–H groups in total. The molecule has 0 saturated carbocycles. The molecule has 0 radical (unpaired) electrons. The Kier molecular flexibility index (Phi) is 6.50. The second-order valence-electron chi connectivity index (χ2n) is 4.51. The van der Waals surface area contributed by atoms with Crippen LogP contribution in [0.4, 0.5) is 5.69 Å². The van der Waals surface area contributed by atoms with Gasteiger partial charge in [-0.2, -0.15) is 0 Å². The molecule has 0 aliphatic heterocycles. The largest absolute Gasteiger partial charge is 0.463 e. The molecule has 0 saturated heterocycles. The lowest BCUT2D eigenvalue weighted by Gasteiger charge is -2.09. The Balaban J connectivity index is 2.60. The van der Waals surface area contributed by atoms with E-state index in [9.17, 15) is 9.59 Å². The Morgan fingerprint density at radius 3 is 2.45 bits per heavy atom. The number of carbonyl (C=O) groups is 2. The molecule has 4 heteroatoms. The molecule has 4 nitrogen and oxygen atoms in total. The fourth-order valence-corrected chi connectivity index (χ4v) is 1.48. The van der Waals surface area contributed by atoms with Crippen molar-refractivity contribution >= 4 is 23.6 Å². The lowest BCUT2D eigenvalue weighted by atomic mass is 10.1. The van der Waals surface area contributed by atoms with Gasteiger partial charge in [-0.3, -0.25) is 4.79 Å². The van der Waals surface area contributed by atoms with Gasteiger partial charge >= 0.3 is 5.97 Å². The second kappa shape index (κ2) is 8.15. The van der Waals surface area contributed by atoms with Gasteiger partial charge in [0.25, 0.3) is 0 Å². The molecule has 1 unspecified atom stereocenters. The summed E-state index contributed by atoms with van der Waals surface area (Å²) in [5, 5.41) is 2.85. The SMILES string of the molecule is CCOC(=O)/C=C/c1ccc(NC(=O)C(C)CC)cc1. The summed E-state index contributed by atoms with van der Waals surface area (Å²) in [6.07, 6.45) is 3.88. The molecule has 1 rings (SSSR count). The third-order valence-corrected chi connectivity index (χ3v) is 2.94. The highest BCUT2D eigenvalue weighted by Gasteiger charge is 2.09. The van der Waals surface area contributed by atoms with Gasteiger partial charge in [0.1, 0.15) is 0 Å². The zero-order valence-electron chi connectivity index (χ0n) is 12.2. The number of hydrogen-bond acceptors (Lipinski definition) is 3. The van der Waals surface area contributed by atoms with Crippen molar-refractivity contribution in [3.63, 3.8) is 0 Å². The molecule has 108 valence electrons. The summed E-state index contributed by atoms with van der Waals surface area (Å²) in [6.45, 7) is 6.00. The molecule has 0 fully saturated rings. The van der Waals surface area contributed by atoms with Gasteiger partial charge in [-0.1, -0.05) is 26.0 Å². The predicted octanol–water partition coefficient (Wildman–Crippen LogP) is 3.25. The van der Waals surface area contributed by atoms with Crippen LogP contribution >= 0.6 is 0 Å². The van der Waals surface area contributed by atoms with Crippen LogP contribution in [0.5, 0.6) is 0 Å². The number of amides is 1. The zero-order valence-corrected chi connectivity index (χ0v) is 12.2. The number of esters is 1. The number of nitrogens with one attached hydrogen (secondary N) is 1. The van der Waals surface area contributed by atoms with Crippen LogP contribution in [0.3, 0.4) is 0 Å². The minimum Gasteiger partial charge on any atom is -0.463 e. The molecule has 1 aromatic carbocycles. The Labute approximate surface area is 119 Å². The molecule has 0 aliphatic rings. The molecule has 0 spiro atoms. The van der Waals surface area contributed by atoms with E-state index in [1.165, 1.54) is 6.08 Å². The van der Waals surface area contributed by atoms with E-state index in [0.29, 0.717) is 6.61 Å². The van der Waals surface area contributed by atoms with Crippen molar-refractivity contribution in [2.24, 2.45) is 5.92 Å². The summed E-state index contributed by atoms with van der Waals surface area (Å²) >= 11 is 0. The number of rotatable bonds is 6. The maximum atomic E-state index is 11.7. The van der Waals surface area contributed by atoms with Crippen LogP contribution in [-0.4, -0.2) is 18.5 Å². The molecule has 1 aromatic rings. The number of ether oxygens (including phenoxy) is 1. The van der Waals surface area contributed by atoms with E-state index in [0.717, 1.165) is 17.7 Å². The average Bonchev–Trinajstić information content (AvgIpc) is 2.46. The van der Waals surface area contributed by atoms with Crippen molar-refractivity contribution < 1.29 is 14.3 Å². The van der Waals surface area contributed by atoms with E-state index in [1.807, 2.05) is 38.1 Å². The standard InChI is InChI=1S/C16H21NO3/c1-4-12(3)16(19)17-14-9-6-13(7-10-14)8-11-15(18)20-5-2/h6-12H,4-5H2,1-3H3,(H,17,19)/b11-8+. The van der Waals surface area contributed by atoms with Crippen LogP contribution in [-0.2, 0) is 14.3 Å². The van der Waals surface area contributed by atoms with Crippen molar-refractivity contribution in [3.8, 4) is 0 Å². The Morgan fingerprint density at radius 2 is 1.90 bits per heavy atom. The summed E-state index contributed by atoms with van der Waals surface area (Å²) in [4.78, 5) is 22.9. The molecular weight excluding hydrogens is 254 g/mol. The van der Waals surface area contributed by atoms with Gasteiger partial charge in [0.05, 0.1) is 6.61 Å². The Bertz CT molecular complexity index is 477. The van der Waals surface area contributed by atoms with Crippen LogP contribution < -0.4 is 5.32 Å². The number of carbonyl (C=O) groups excluding carboxylic acids is 2. The molecule has 0 aliphatic carbocycles. The maximum absolute atomic E-state index is 11.7. The lowest BCUT2D eigenvalue weighted by Crippen LogP contribution is -2.19. The van der Waals surface area contributed by atoms with Crippen LogP contribution in [0.15, 0.2) is 30.3 Å². The van der Waals surface area contributed by atoms with E-state index < -0.39 is 0 Å². The van der Waals surface area contributed by atoms with Crippen molar-refractivity contribution in [2.75, 3.05) is 11.9 Å². The van der Waals surface area contributed by atoms with Gasteiger partial charge in [0.15, 0.2) is 0 Å². The van der Waals surface area contributed by atoms with Crippen molar-refractivity contribution in [2.45, 2.75) is 27.2 Å². The number of anilines is 1. The van der Waals surface area contributed by atoms with Gasteiger partial charge in [0.2, 0.25) is 5.91 Å². The van der Waals surface area contributed by atoms with E-state index in [1.54, 1.807) is 13.0 Å². The predicted molar refractivity (Wildman–Crippen MR) is 80.2 cm³/mol. The minimum absolute atomic E-state index is 0.00149. The van der Waals surface area contributed by atoms with E-state index in [-0.39, 0.29) is 17.8 Å². The summed E-state index contributed by atoms with van der Waals surface area (Å²) < 4.78 is 4.80. The highest BCUT2D eigenvalue weighted by molar-refractivity contribution is 5.92. The summed E-state index contributed by atoms with van der Waals surface area (Å²) in [7, 11) is 0. The van der Waals surface area contributed by atoms with Crippen LogP contribution in [0, 0.1) is 5.92 Å². The molecule has 20 heavy (non-hydrogen) atoms. The highest BCUT2D eigenvalue weighted by Crippen LogP contribution is 2.13. The summed E-state index contributed by atoms with van der Waals surface area (Å²) in [5.74, 6) is -0.345. The van der Waals surface area contributed by atoms with Crippen LogP contribution in [0.1, 0.15) is 32.8 Å². The van der Waals surface area contributed by atoms with E-state index in [2.05, 4.69) is 5.32 Å². The first kappa shape index (κ1) is 16.0. The third-order valence-electron chi connectivity index (χ3n) is 2.94. The third kappa shape index (κ3) is 5.26. The molecule has 0 bridgehead atoms. The second-order valence-corrected chi connectivity index (χ2v) is 4.51. The smallest absolute Gasteiger partial charge is 0.330 e. The summed E-state index contributed by atoms with van der Waals surface area (Å²) in [6, 6.07) is 7.29. The fraction of sp³-hybridized carbons (Fsp3) is 0.375. The number of benzene rings is 1. The maximum Gasteiger partial charge on any atom is 0.330 e. The van der Waals surface area contributed by atoms with E-state index in [4.69, 9.17) is 4.74 Å². The minimum atomic E-state index is -0.360. The first-order valence-corrected chi connectivity index (χ1v) is 6.82. The van der Waals surface area contributed by atoms with Crippen molar-refractivity contribution in [1.82, 2.24) is 0 Å². The lowest BCUT2D eigenvalue weighted by molar-refractivity contribution is -0.137. The molecule has 0 aromatic heterocycles. The zero-order chi connectivity index (χ0) is 15.0. The van der Waals surface area contributed by atoms with Crippen LogP contribution in [0.25, 0.3) is 6.08 Å². The summed E-state index contributed by atoms with van der Waals surface area (Å²) in [5.41, 5.74) is 1.63. The highest BCUT2D eigenvalue weighted by atomic mass is 16.5. The Hall–Kier alpha value is -2.10. The average molecular weight is 275 g/mol. The van der Waals surface area contributed by atoms with Gasteiger partial charge in [-0.15, -0.1) is 0 Å². The normalized spacial score (nSPS) is 12.2. The molecule has 1 amide bonds. The first-order chi connectivity index (χ1) is 9.56. The number of hydrogen-bond donors (Lipinski definition) is 1. The van der Waals surface area contributed by atoms with Crippen molar-refractivity contribution in [3.05, 3.63) is 35.9 Å².